The number of nitrogens with zero attached hydrogens (tertiary/aromatic N) is 3. The van der Waals surface area contributed by atoms with Crippen LogP contribution in [0.2, 0.25) is 0 Å². The van der Waals surface area contributed by atoms with Crippen LogP contribution in [0.15, 0.2) is 18.3 Å². The summed E-state index contributed by atoms with van der Waals surface area (Å²) in [5.74, 6) is -0.672. The highest BCUT2D eigenvalue weighted by atomic mass is 32.1. The van der Waals surface area contributed by atoms with Crippen LogP contribution in [0.1, 0.15) is 41.6 Å². The van der Waals surface area contributed by atoms with Gasteiger partial charge < -0.3 is 4.74 Å². The summed E-state index contributed by atoms with van der Waals surface area (Å²) in [5.41, 5.74) is 0.182. The van der Waals surface area contributed by atoms with Gasteiger partial charge in [0.1, 0.15) is 5.01 Å². The van der Waals surface area contributed by atoms with Gasteiger partial charge in [-0.2, -0.15) is 13.2 Å². The van der Waals surface area contributed by atoms with Crippen LogP contribution in [0, 0.1) is 0 Å². The van der Waals surface area contributed by atoms with Gasteiger partial charge in [0.15, 0.2) is 6.61 Å². The average molecular weight is 374 g/mol. The van der Waals surface area contributed by atoms with E-state index in [9.17, 15) is 18.0 Å². The molecule has 25 heavy (non-hydrogen) atoms. The van der Waals surface area contributed by atoms with Crippen LogP contribution in [0.4, 0.5) is 18.3 Å². The first-order valence-corrected chi connectivity index (χ1v) is 8.48. The Labute approximate surface area is 146 Å². The van der Waals surface area contributed by atoms with Crippen molar-refractivity contribution in [2.45, 2.75) is 38.8 Å². The highest BCUT2D eigenvalue weighted by Gasteiger charge is 2.28. The Bertz CT molecular complexity index is 689. The topological polar surface area (TPSA) is 77.0 Å². The van der Waals surface area contributed by atoms with Crippen molar-refractivity contribution in [2.75, 3.05) is 11.9 Å². The molecule has 136 valence electrons. The number of rotatable bonds is 8. The first kappa shape index (κ1) is 19.1. The van der Waals surface area contributed by atoms with Crippen molar-refractivity contribution in [2.24, 2.45) is 0 Å². The Morgan fingerprint density at radius 3 is 2.72 bits per heavy atom. The maximum absolute atomic E-state index is 12.1. The van der Waals surface area contributed by atoms with Gasteiger partial charge in [0.05, 0.1) is 5.56 Å². The molecule has 0 unspecified atom stereocenters. The lowest BCUT2D eigenvalue weighted by molar-refractivity contribution is -0.154. The summed E-state index contributed by atoms with van der Waals surface area (Å²) in [4.78, 5) is 15.8. The number of hydrogen-bond donors (Lipinski definition) is 1. The van der Waals surface area contributed by atoms with E-state index in [1.165, 1.54) is 23.5 Å². The number of ether oxygens (including phenoxy) is 1. The second-order valence-electron chi connectivity index (χ2n) is 5.20. The number of aryl methyl sites for hydroxylation is 1. The minimum Gasteiger partial charge on any atom is -0.468 e. The molecule has 0 aliphatic heterocycles. The van der Waals surface area contributed by atoms with E-state index in [2.05, 4.69) is 32.2 Å². The van der Waals surface area contributed by atoms with Gasteiger partial charge in [-0.15, -0.1) is 10.2 Å². The molecule has 2 aromatic heterocycles. The van der Waals surface area contributed by atoms with Crippen molar-refractivity contribution in [3.63, 3.8) is 0 Å². The molecule has 0 aliphatic rings. The normalized spacial score (nSPS) is 11.4. The SMILES string of the molecule is CCCCCc1nnc(NC(=O)c2ccc(OCC(F)(F)F)nc2)s1. The highest BCUT2D eigenvalue weighted by molar-refractivity contribution is 7.15. The van der Waals surface area contributed by atoms with E-state index in [1.807, 2.05) is 0 Å². The third kappa shape index (κ3) is 6.65. The quantitative estimate of drug-likeness (QED) is 0.710. The Kier molecular flexibility index (Phi) is 6.68. The zero-order valence-corrected chi connectivity index (χ0v) is 14.3. The van der Waals surface area contributed by atoms with Crippen molar-refractivity contribution in [1.82, 2.24) is 15.2 Å². The van der Waals surface area contributed by atoms with Gasteiger partial charge in [0, 0.05) is 18.7 Å². The molecule has 0 aliphatic carbocycles. The van der Waals surface area contributed by atoms with Gasteiger partial charge >= 0.3 is 6.18 Å². The number of hydrogen-bond acceptors (Lipinski definition) is 6. The predicted octanol–water partition coefficient (Wildman–Crippen LogP) is 3.86. The molecule has 0 saturated heterocycles. The first-order chi connectivity index (χ1) is 11.9. The molecule has 0 radical (unpaired) electrons. The predicted molar refractivity (Wildman–Crippen MR) is 86.9 cm³/mol. The molecule has 2 heterocycles. The molecular formula is C15H17F3N4O2S. The lowest BCUT2D eigenvalue weighted by Gasteiger charge is -2.08. The van der Waals surface area contributed by atoms with Crippen LogP contribution < -0.4 is 10.1 Å². The minimum atomic E-state index is -4.44. The molecule has 0 spiro atoms. The van der Waals surface area contributed by atoms with E-state index >= 15 is 0 Å². The number of pyridine rings is 1. The smallest absolute Gasteiger partial charge is 0.422 e. The molecule has 0 fully saturated rings. The number of halogens is 3. The van der Waals surface area contributed by atoms with Crippen LogP contribution >= 0.6 is 11.3 Å². The maximum Gasteiger partial charge on any atom is 0.422 e. The lowest BCUT2D eigenvalue weighted by atomic mass is 10.2. The molecular weight excluding hydrogens is 357 g/mol. The van der Waals surface area contributed by atoms with Gasteiger partial charge in [-0.3, -0.25) is 10.1 Å². The second kappa shape index (κ2) is 8.75. The number of carbonyl (C=O) groups is 1. The van der Waals surface area contributed by atoms with E-state index in [0.717, 1.165) is 36.9 Å². The third-order valence-electron chi connectivity index (χ3n) is 3.06. The monoisotopic (exact) mass is 374 g/mol. The van der Waals surface area contributed by atoms with Crippen molar-refractivity contribution in [1.29, 1.82) is 0 Å². The number of aromatic nitrogens is 3. The lowest BCUT2D eigenvalue weighted by Crippen LogP contribution is -2.19. The number of anilines is 1. The van der Waals surface area contributed by atoms with Crippen molar-refractivity contribution >= 4 is 22.4 Å². The van der Waals surface area contributed by atoms with Crippen molar-refractivity contribution < 1.29 is 22.7 Å². The Morgan fingerprint density at radius 2 is 2.08 bits per heavy atom. The molecule has 1 N–H and O–H groups in total. The average Bonchev–Trinajstić information content (AvgIpc) is 3.00. The van der Waals surface area contributed by atoms with E-state index in [4.69, 9.17) is 0 Å². The summed E-state index contributed by atoms with van der Waals surface area (Å²) in [5, 5.41) is 11.7. The van der Waals surface area contributed by atoms with Crippen molar-refractivity contribution in [3.05, 3.63) is 28.9 Å². The van der Waals surface area contributed by atoms with E-state index < -0.39 is 18.7 Å². The van der Waals surface area contributed by atoms with E-state index in [-0.39, 0.29) is 11.4 Å². The first-order valence-electron chi connectivity index (χ1n) is 7.66. The maximum atomic E-state index is 12.1. The Morgan fingerprint density at radius 1 is 1.28 bits per heavy atom. The van der Waals surface area contributed by atoms with Crippen LogP contribution in [0.5, 0.6) is 5.88 Å². The third-order valence-corrected chi connectivity index (χ3v) is 3.96. The summed E-state index contributed by atoms with van der Waals surface area (Å²) in [7, 11) is 0. The Hall–Kier alpha value is -2.23. The largest absolute Gasteiger partial charge is 0.468 e. The fourth-order valence-corrected chi connectivity index (χ4v) is 2.63. The minimum absolute atomic E-state index is 0.182. The number of alkyl halides is 3. The summed E-state index contributed by atoms with van der Waals surface area (Å²) in [6.07, 6.45) is 0.749. The van der Waals surface area contributed by atoms with Crippen LogP contribution in [0.25, 0.3) is 0 Å². The van der Waals surface area contributed by atoms with Gasteiger partial charge in [0.2, 0.25) is 11.0 Å². The zero-order valence-electron chi connectivity index (χ0n) is 13.5. The zero-order chi connectivity index (χ0) is 18.3. The van der Waals surface area contributed by atoms with Crippen LogP contribution in [-0.2, 0) is 6.42 Å². The molecule has 1 amide bonds. The molecule has 2 rings (SSSR count). The van der Waals surface area contributed by atoms with Crippen LogP contribution in [0.3, 0.4) is 0 Å². The number of amides is 1. The number of unbranched alkanes of at least 4 members (excludes halogenated alkanes) is 2. The molecule has 10 heteroatoms. The van der Waals surface area contributed by atoms with E-state index in [1.54, 1.807) is 0 Å². The van der Waals surface area contributed by atoms with Crippen LogP contribution in [-0.4, -0.2) is 33.9 Å². The molecule has 0 bridgehead atoms. The molecule has 0 atom stereocenters. The number of nitrogens with one attached hydrogen (secondary N) is 1. The number of carbonyl (C=O) groups excluding carboxylic acids is 1. The standard InChI is InChI=1S/C15H17F3N4O2S/c1-2-3-4-5-12-21-22-14(25-12)20-13(23)10-6-7-11(19-8-10)24-9-15(16,17)18/h6-8H,2-5,9H2,1H3,(H,20,22,23). The Balaban J connectivity index is 1.88. The summed E-state index contributed by atoms with van der Waals surface area (Å²) in [6.45, 7) is 0.677. The molecule has 0 aromatic carbocycles. The summed E-state index contributed by atoms with van der Waals surface area (Å²) < 4.78 is 40.7. The second-order valence-corrected chi connectivity index (χ2v) is 6.26. The molecule has 2 aromatic rings. The molecule has 0 saturated carbocycles. The summed E-state index contributed by atoms with van der Waals surface area (Å²) in [6, 6.07) is 2.54. The highest BCUT2D eigenvalue weighted by Crippen LogP contribution is 2.19. The summed E-state index contributed by atoms with van der Waals surface area (Å²) >= 11 is 1.30. The van der Waals surface area contributed by atoms with Gasteiger partial charge in [-0.25, -0.2) is 4.98 Å². The van der Waals surface area contributed by atoms with Gasteiger partial charge in [0.25, 0.3) is 5.91 Å². The fourth-order valence-electron chi connectivity index (χ4n) is 1.86. The van der Waals surface area contributed by atoms with E-state index in [0.29, 0.717) is 5.13 Å². The molecule has 6 nitrogen and oxygen atoms in total. The van der Waals surface area contributed by atoms with Gasteiger partial charge in [-0.05, 0) is 12.5 Å². The fraction of sp³-hybridized carbons (Fsp3) is 0.467. The van der Waals surface area contributed by atoms with Gasteiger partial charge in [-0.1, -0.05) is 31.1 Å². The van der Waals surface area contributed by atoms with Crippen molar-refractivity contribution in [3.8, 4) is 5.88 Å².